The van der Waals surface area contributed by atoms with Crippen LogP contribution in [0.1, 0.15) is 45.4 Å². The highest BCUT2D eigenvalue weighted by molar-refractivity contribution is 5.74. The monoisotopic (exact) mass is 357 g/mol. The summed E-state index contributed by atoms with van der Waals surface area (Å²) in [4.78, 5) is 14.0. The van der Waals surface area contributed by atoms with Gasteiger partial charge in [0.15, 0.2) is 17.3 Å². The SMILES string of the molecule is CC(=O)N(C)C1(c2nnnn2-c2ccc3c(c2)OCO3)CCC(C)CC1. The Morgan fingerprint density at radius 1 is 1.27 bits per heavy atom. The van der Waals surface area contributed by atoms with Gasteiger partial charge < -0.3 is 14.4 Å². The lowest BCUT2D eigenvalue weighted by Gasteiger charge is -2.44. The number of hydrogen-bond acceptors (Lipinski definition) is 6. The van der Waals surface area contributed by atoms with Crippen molar-refractivity contribution in [2.24, 2.45) is 5.92 Å². The van der Waals surface area contributed by atoms with Crippen molar-refractivity contribution in [1.29, 1.82) is 0 Å². The molecule has 2 heterocycles. The average Bonchev–Trinajstić information content (AvgIpc) is 3.30. The van der Waals surface area contributed by atoms with Crippen LogP contribution >= 0.6 is 0 Å². The lowest BCUT2D eigenvalue weighted by atomic mass is 9.75. The van der Waals surface area contributed by atoms with Crippen LogP contribution in [0.5, 0.6) is 11.5 Å². The number of hydrogen-bond donors (Lipinski definition) is 0. The number of rotatable bonds is 3. The third kappa shape index (κ3) is 2.60. The first-order valence-electron chi connectivity index (χ1n) is 8.94. The topological polar surface area (TPSA) is 82.4 Å². The molecule has 1 aromatic carbocycles. The first-order valence-corrected chi connectivity index (χ1v) is 8.94. The van der Waals surface area contributed by atoms with Crippen molar-refractivity contribution in [3.63, 3.8) is 0 Å². The predicted octanol–water partition coefficient (Wildman–Crippen LogP) is 2.27. The van der Waals surface area contributed by atoms with Crippen molar-refractivity contribution in [3.05, 3.63) is 24.0 Å². The first kappa shape index (κ1) is 16.8. The van der Waals surface area contributed by atoms with Gasteiger partial charge >= 0.3 is 0 Å². The molecule has 0 atom stereocenters. The second-order valence-corrected chi connectivity index (χ2v) is 7.24. The van der Waals surface area contributed by atoms with Gasteiger partial charge in [-0.2, -0.15) is 4.68 Å². The van der Waals surface area contributed by atoms with Gasteiger partial charge in [0, 0.05) is 20.0 Å². The lowest BCUT2D eigenvalue weighted by Crippen LogP contribution is -2.50. The molecule has 4 rings (SSSR count). The Labute approximate surface area is 152 Å². The van der Waals surface area contributed by atoms with Crippen LogP contribution in [0.4, 0.5) is 0 Å². The van der Waals surface area contributed by atoms with Crippen LogP contribution in [0.3, 0.4) is 0 Å². The molecule has 2 aromatic rings. The second kappa shape index (κ2) is 6.26. The molecule has 8 heteroatoms. The van der Waals surface area contributed by atoms with Crippen molar-refractivity contribution in [2.45, 2.75) is 45.1 Å². The lowest BCUT2D eigenvalue weighted by molar-refractivity contribution is -0.136. The maximum absolute atomic E-state index is 12.2. The van der Waals surface area contributed by atoms with Crippen LogP contribution in [0, 0.1) is 5.92 Å². The minimum atomic E-state index is -0.502. The fraction of sp³-hybridized carbons (Fsp3) is 0.556. The van der Waals surface area contributed by atoms with E-state index in [4.69, 9.17) is 9.47 Å². The van der Waals surface area contributed by atoms with E-state index in [1.165, 1.54) is 0 Å². The largest absolute Gasteiger partial charge is 0.454 e. The number of fused-ring (bicyclic) bond motifs is 1. The normalized spacial score (nSPS) is 24.5. The van der Waals surface area contributed by atoms with Crippen LogP contribution in [-0.4, -0.2) is 44.9 Å². The quantitative estimate of drug-likeness (QED) is 0.838. The second-order valence-electron chi connectivity index (χ2n) is 7.24. The maximum Gasteiger partial charge on any atom is 0.231 e. The number of aromatic nitrogens is 4. The van der Waals surface area contributed by atoms with Gasteiger partial charge in [0.05, 0.1) is 5.69 Å². The van der Waals surface area contributed by atoms with E-state index in [1.807, 2.05) is 25.2 Å². The average molecular weight is 357 g/mol. The molecular formula is C18H23N5O3. The predicted molar refractivity (Wildman–Crippen MR) is 93.0 cm³/mol. The van der Waals surface area contributed by atoms with E-state index in [0.717, 1.165) is 31.4 Å². The summed E-state index contributed by atoms with van der Waals surface area (Å²) in [6, 6.07) is 5.63. The van der Waals surface area contributed by atoms with Crippen molar-refractivity contribution in [1.82, 2.24) is 25.1 Å². The molecule has 0 radical (unpaired) electrons. The highest BCUT2D eigenvalue weighted by Gasteiger charge is 2.45. The van der Waals surface area contributed by atoms with Gasteiger partial charge in [-0.25, -0.2) is 0 Å². The van der Waals surface area contributed by atoms with E-state index in [9.17, 15) is 4.79 Å². The fourth-order valence-corrected chi connectivity index (χ4v) is 3.92. The minimum absolute atomic E-state index is 0.0137. The van der Waals surface area contributed by atoms with Gasteiger partial charge in [0.25, 0.3) is 0 Å². The van der Waals surface area contributed by atoms with Crippen molar-refractivity contribution < 1.29 is 14.3 Å². The molecule has 2 aliphatic rings. The summed E-state index contributed by atoms with van der Waals surface area (Å²) in [5.41, 5.74) is 0.294. The zero-order chi connectivity index (χ0) is 18.3. The summed E-state index contributed by atoms with van der Waals surface area (Å²) in [7, 11) is 1.84. The number of amides is 1. The van der Waals surface area contributed by atoms with Crippen LogP contribution in [0.25, 0.3) is 5.69 Å². The molecule has 8 nitrogen and oxygen atoms in total. The smallest absolute Gasteiger partial charge is 0.231 e. The molecule has 0 saturated heterocycles. The Hall–Kier alpha value is -2.64. The van der Waals surface area contributed by atoms with E-state index < -0.39 is 5.54 Å². The maximum atomic E-state index is 12.2. The van der Waals surface area contributed by atoms with E-state index in [-0.39, 0.29) is 12.7 Å². The molecule has 0 bridgehead atoms. The van der Waals surface area contributed by atoms with E-state index in [2.05, 4.69) is 22.4 Å². The Kier molecular flexibility index (Phi) is 4.05. The Morgan fingerprint density at radius 2 is 2.00 bits per heavy atom. The van der Waals surface area contributed by atoms with Crippen molar-refractivity contribution in [2.75, 3.05) is 13.8 Å². The Bertz CT molecular complexity index is 826. The number of ether oxygens (including phenoxy) is 2. The van der Waals surface area contributed by atoms with Crippen LogP contribution in [-0.2, 0) is 10.3 Å². The molecule has 0 N–H and O–H groups in total. The molecule has 26 heavy (non-hydrogen) atoms. The Morgan fingerprint density at radius 3 is 2.73 bits per heavy atom. The third-order valence-electron chi connectivity index (χ3n) is 5.70. The highest BCUT2D eigenvalue weighted by atomic mass is 16.7. The van der Waals surface area contributed by atoms with Gasteiger partial charge in [0.1, 0.15) is 5.54 Å². The van der Waals surface area contributed by atoms with Gasteiger partial charge in [-0.3, -0.25) is 4.79 Å². The molecule has 1 saturated carbocycles. The minimum Gasteiger partial charge on any atom is -0.454 e. The van der Waals surface area contributed by atoms with E-state index in [1.54, 1.807) is 16.5 Å². The summed E-state index contributed by atoms with van der Waals surface area (Å²) < 4.78 is 12.6. The number of carbonyl (C=O) groups excluding carboxylic acids is 1. The third-order valence-corrected chi connectivity index (χ3v) is 5.70. The molecule has 1 aromatic heterocycles. The van der Waals surface area contributed by atoms with Crippen LogP contribution in [0.2, 0.25) is 0 Å². The molecule has 0 unspecified atom stereocenters. The number of benzene rings is 1. The standard InChI is InChI=1S/C18H23N5O3/c1-12-6-8-18(9-7-12,22(3)13(2)24)17-19-20-21-23(17)14-4-5-15-16(10-14)26-11-25-15/h4-5,10,12H,6-9,11H2,1-3H3. The molecule has 0 spiro atoms. The number of tetrazole rings is 1. The van der Waals surface area contributed by atoms with Gasteiger partial charge in [-0.15, -0.1) is 5.10 Å². The Balaban J connectivity index is 1.79. The summed E-state index contributed by atoms with van der Waals surface area (Å²) in [5, 5.41) is 12.5. The summed E-state index contributed by atoms with van der Waals surface area (Å²) in [6.45, 7) is 4.06. The molecule has 1 amide bonds. The molecule has 1 aliphatic carbocycles. The molecular weight excluding hydrogens is 334 g/mol. The number of nitrogens with zero attached hydrogens (tertiary/aromatic N) is 5. The highest BCUT2D eigenvalue weighted by Crippen LogP contribution is 2.43. The van der Waals surface area contributed by atoms with Gasteiger partial charge in [-0.05, 0) is 54.2 Å². The zero-order valence-corrected chi connectivity index (χ0v) is 15.3. The molecule has 1 aliphatic heterocycles. The van der Waals surface area contributed by atoms with E-state index in [0.29, 0.717) is 23.2 Å². The van der Waals surface area contributed by atoms with Gasteiger partial charge in [-0.1, -0.05) is 6.92 Å². The fourth-order valence-electron chi connectivity index (χ4n) is 3.92. The zero-order valence-electron chi connectivity index (χ0n) is 15.3. The van der Waals surface area contributed by atoms with Crippen LogP contribution in [0.15, 0.2) is 18.2 Å². The molecule has 1 fully saturated rings. The van der Waals surface area contributed by atoms with Crippen molar-refractivity contribution in [3.8, 4) is 17.2 Å². The molecule has 138 valence electrons. The number of carbonyl (C=O) groups is 1. The first-order chi connectivity index (χ1) is 12.5. The summed E-state index contributed by atoms with van der Waals surface area (Å²) in [6.07, 6.45) is 3.75. The van der Waals surface area contributed by atoms with Crippen LogP contribution < -0.4 is 9.47 Å². The van der Waals surface area contributed by atoms with E-state index >= 15 is 0 Å². The van der Waals surface area contributed by atoms with Gasteiger partial charge in [0.2, 0.25) is 12.7 Å². The summed E-state index contributed by atoms with van der Waals surface area (Å²) >= 11 is 0. The summed E-state index contributed by atoms with van der Waals surface area (Å²) in [5.74, 6) is 2.74. The van der Waals surface area contributed by atoms with Crippen molar-refractivity contribution >= 4 is 5.91 Å².